The highest BCUT2D eigenvalue weighted by atomic mass is 16.5. The molecule has 0 amide bonds. The Morgan fingerprint density at radius 1 is 0.743 bits per heavy atom. The van der Waals surface area contributed by atoms with Crippen molar-refractivity contribution >= 4 is 6.08 Å². The highest BCUT2D eigenvalue weighted by Crippen LogP contribution is 2.29. The minimum Gasteiger partial charge on any atom is -0.493 e. The van der Waals surface area contributed by atoms with Gasteiger partial charge in [-0.2, -0.15) is 0 Å². The van der Waals surface area contributed by atoms with Crippen molar-refractivity contribution < 1.29 is 14.2 Å². The average molecular weight is 474 g/mol. The molecule has 4 heteroatoms. The molecule has 0 bridgehead atoms. The van der Waals surface area contributed by atoms with E-state index in [1.54, 1.807) is 7.11 Å². The molecule has 0 saturated carbocycles. The van der Waals surface area contributed by atoms with E-state index >= 15 is 0 Å². The summed E-state index contributed by atoms with van der Waals surface area (Å²) < 4.78 is 17.2. The molecule has 0 aliphatic carbocycles. The van der Waals surface area contributed by atoms with Gasteiger partial charge in [-0.05, 0) is 54.6 Å². The third kappa shape index (κ3) is 10.8. The summed E-state index contributed by atoms with van der Waals surface area (Å²) >= 11 is 0. The first-order valence-corrected chi connectivity index (χ1v) is 12.7. The van der Waals surface area contributed by atoms with E-state index in [9.17, 15) is 0 Å². The topological polar surface area (TPSA) is 39.7 Å². The largest absolute Gasteiger partial charge is 0.493 e. The number of benzene rings is 3. The zero-order valence-electron chi connectivity index (χ0n) is 21.0. The molecule has 0 aliphatic heterocycles. The standard InChI is InChI=1S/C31H39NO3/c1-33-31-24-27(19-20-30(31)35-26-29-17-8-5-9-18-29)14-10-13-23-34-22-12-3-2-11-21-32-25-28-15-6-4-7-16-28/h4-10,14-20,24,32H,2-3,11-13,21-23,25-26H2,1H3/b14-10+. The smallest absolute Gasteiger partial charge is 0.161 e. The normalized spacial score (nSPS) is 11.1. The van der Waals surface area contributed by atoms with Crippen molar-refractivity contribution in [3.05, 3.63) is 102 Å². The molecule has 4 nitrogen and oxygen atoms in total. The van der Waals surface area contributed by atoms with E-state index in [0.29, 0.717) is 6.61 Å². The Bertz CT molecular complexity index is 973. The van der Waals surface area contributed by atoms with E-state index in [4.69, 9.17) is 14.2 Å². The third-order valence-electron chi connectivity index (χ3n) is 5.73. The lowest BCUT2D eigenvalue weighted by molar-refractivity contribution is 0.134. The van der Waals surface area contributed by atoms with Crippen LogP contribution in [0.15, 0.2) is 84.9 Å². The number of rotatable bonds is 17. The van der Waals surface area contributed by atoms with Gasteiger partial charge in [0, 0.05) is 13.2 Å². The Morgan fingerprint density at radius 2 is 1.49 bits per heavy atom. The molecule has 3 rings (SSSR count). The van der Waals surface area contributed by atoms with Crippen LogP contribution in [-0.4, -0.2) is 26.9 Å². The van der Waals surface area contributed by atoms with Crippen molar-refractivity contribution in [3.8, 4) is 11.5 Å². The highest BCUT2D eigenvalue weighted by Gasteiger charge is 2.05. The first kappa shape index (κ1) is 26.5. The van der Waals surface area contributed by atoms with Crippen LogP contribution in [0.3, 0.4) is 0 Å². The molecular formula is C31H39NO3. The van der Waals surface area contributed by atoms with Gasteiger partial charge in [0.1, 0.15) is 6.61 Å². The van der Waals surface area contributed by atoms with Crippen LogP contribution in [0.25, 0.3) is 6.08 Å². The summed E-state index contributed by atoms with van der Waals surface area (Å²) in [4.78, 5) is 0. The minimum absolute atomic E-state index is 0.523. The lowest BCUT2D eigenvalue weighted by Crippen LogP contribution is -2.14. The number of hydrogen-bond acceptors (Lipinski definition) is 4. The van der Waals surface area contributed by atoms with Gasteiger partial charge in [0.05, 0.1) is 13.7 Å². The summed E-state index contributed by atoms with van der Waals surface area (Å²) in [5.74, 6) is 1.50. The van der Waals surface area contributed by atoms with Crippen LogP contribution in [0.1, 0.15) is 48.8 Å². The second-order valence-electron chi connectivity index (χ2n) is 8.56. The fraction of sp³-hybridized carbons (Fsp3) is 0.355. The van der Waals surface area contributed by atoms with Crippen LogP contribution >= 0.6 is 0 Å². The molecule has 0 aliphatic rings. The molecule has 0 spiro atoms. The van der Waals surface area contributed by atoms with Crippen molar-refractivity contribution in [2.45, 2.75) is 45.3 Å². The van der Waals surface area contributed by atoms with Crippen molar-refractivity contribution in [3.63, 3.8) is 0 Å². The third-order valence-corrected chi connectivity index (χ3v) is 5.73. The number of ether oxygens (including phenoxy) is 3. The van der Waals surface area contributed by atoms with Crippen LogP contribution in [-0.2, 0) is 17.9 Å². The molecule has 186 valence electrons. The summed E-state index contributed by atoms with van der Waals surface area (Å²) in [6.07, 6.45) is 9.98. The van der Waals surface area contributed by atoms with Crippen molar-refractivity contribution in [1.82, 2.24) is 5.32 Å². The van der Waals surface area contributed by atoms with Gasteiger partial charge >= 0.3 is 0 Å². The molecule has 1 N–H and O–H groups in total. The molecule has 35 heavy (non-hydrogen) atoms. The summed E-state index contributed by atoms with van der Waals surface area (Å²) in [5.41, 5.74) is 3.57. The van der Waals surface area contributed by atoms with E-state index in [0.717, 1.165) is 61.8 Å². The Kier molecular flexibility index (Phi) is 12.5. The minimum atomic E-state index is 0.523. The van der Waals surface area contributed by atoms with E-state index < -0.39 is 0 Å². The van der Waals surface area contributed by atoms with Gasteiger partial charge in [-0.3, -0.25) is 0 Å². The summed E-state index contributed by atoms with van der Waals surface area (Å²) in [6, 6.07) is 26.7. The highest BCUT2D eigenvalue weighted by molar-refractivity contribution is 5.55. The second-order valence-corrected chi connectivity index (χ2v) is 8.56. The molecular weight excluding hydrogens is 434 g/mol. The van der Waals surface area contributed by atoms with Crippen LogP contribution < -0.4 is 14.8 Å². The van der Waals surface area contributed by atoms with Crippen LogP contribution in [0, 0.1) is 0 Å². The molecule has 0 saturated heterocycles. The van der Waals surface area contributed by atoms with Crippen LogP contribution in [0.2, 0.25) is 0 Å². The van der Waals surface area contributed by atoms with Crippen LogP contribution in [0.4, 0.5) is 0 Å². The van der Waals surface area contributed by atoms with Gasteiger partial charge in [-0.1, -0.05) is 91.7 Å². The van der Waals surface area contributed by atoms with Crippen molar-refractivity contribution in [2.75, 3.05) is 26.9 Å². The van der Waals surface area contributed by atoms with E-state index in [2.05, 4.69) is 66.0 Å². The Balaban J connectivity index is 1.21. The molecule has 0 aromatic heterocycles. The maximum absolute atomic E-state index is 5.93. The fourth-order valence-corrected chi connectivity index (χ4v) is 3.75. The molecule has 0 fully saturated rings. The lowest BCUT2D eigenvalue weighted by Gasteiger charge is -2.11. The van der Waals surface area contributed by atoms with Crippen molar-refractivity contribution in [2.24, 2.45) is 0 Å². The molecule has 3 aromatic carbocycles. The number of methoxy groups -OCH3 is 1. The van der Waals surface area contributed by atoms with Gasteiger partial charge in [0.25, 0.3) is 0 Å². The summed E-state index contributed by atoms with van der Waals surface area (Å²) in [5, 5.41) is 3.51. The second kappa shape index (κ2) is 16.5. The Labute approximate surface area is 210 Å². The summed E-state index contributed by atoms with van der Waals surface area (Å²) in [7, 11) is 1.67. The Morgan fingerprint density at radius 3 is 2.26 bits per heavy atom. The maximum Gasteiger partial charge on any atom is 0.161 e. The zero-order chi connectivity index (χ0) is 24.4. The van der Waals surface area contributed by atoms with E-state index in [1.165, 1.54) is 24.8 Å². The zero-order valence-corrected chi connectivity index (χ0v) is 21.0. The fourth-order valence-electron chi connectivity index (χ4n) is 3.75. The first-order valence-electron chi connectivity index (χ1n) is 12.7. The van der Waals surface area contributed by atoms with Gasteiger partial charge < -0.3 is 19.5 Å². The molecule has 0 atom stereocenters. The monoisotopic (exact) mass is 473 g/mol. The van der Waals surface area contributed by atoms with Crippen molar-refractivity contribution in [1.29, 1.82) is 0 Å². The molecule has 0 radical (unpaired) electrons. The molecule has 3 aromatic rings. The number of unbranched alkanes of at least 4 members (excludes halogenated alkanes) is 3. The predicted octanol–water partition coefficient (Wildman–Crippen LogP) is 7.04. The molecule has 0 heterocycles. The SMILES string of the molecule is COc1cc(/C=C/CCOCCCCCCNCc2ccccc2)ccc1OCc1ccccc1. The average Bonchev–Trinajstić information content (AvgIpc) is 2.91. The Hall–Kier alpha value is -3.08. The quantitative estimate of drug-likeness (QED) is 0.213. The number of nitrogens with one attached hydrogen (secondary N) is 1. The van der Waals surface area contributed by atoms with E-state index in [1.807, 2.05) is 30.3 Å². The van der Waals surface area contributed by atoms with Gasteiger partial charge in [0.15, 0.2) is 11.5 Å². The molecule has 0 unspecified atom stereocenters. The van der Waals surface area contributed by atoms with Gasteiger partial charge in [-0.15, -0.1) is 0 Å². The first-order chi connectivity index (χ1) is 17.3. The predicted molar refractivity (Wildman–Crippen MR) is 145 cm³/mol. The van der Waals surface area contributed by atoms with E-state index in [-0.39, 0.29) is 0 Å². The van der Waals surface area contributed by atoms with Gasteiger partial charge in [-0.25, -0.2) is 0 Å². The van der Waals surface area contributed by atoms with Crippen LogP contribution in [0.5, 0.6) is 11.5 Å². The number of hydrogen-bond donors (Lipinski definition) is 1. The lowest BCUT2D eigenvalue weighted by atomic mass is 10.1. The van der Waals surface area contributed by atoms with Gasteiger partial charge in [0.2, 0.25) is 0 Å². The summed E-state index contributed by atoms with van der Waals surface area (Å²) in [6.45, 7) is 4.15. The maximum atomic E-state index is 5.93.